The summed E-state index contributed by atoms with van der Waals surface area (Å²) >= 11 is 0. The number of para-hydroxylation sites is 1. The van der Waals surface area contributed by atoms with E-state index < -0.39 is 17.7 Å². The lowest BCUT2D eigenvalue weighted by atomic mass is 10.0. The topological polar surface area (TPSA) is 103 Å². The second-order valence-corrected chi connectivity index (χ2v) is 6.64. The van der Waals surface area contributed by atoms with E-state index in [9.17, 15) is 14.4 Å². The van der Waals surface area contributed by atoms with Crippen LogP contribution in [0.2, 0.25) is 0 Å². The van der Waals surface area contributed by atoms with Crippen LogP contribution >= 0.6 is 0 Å². The number of aryl methyl sites for hydroxylation is 1. The molecule has 0 bridgehead atoms. The Morgan fingerprint density at radius 2 is 2.07 bits per heavy atom. The third-order valence-corrected chi connectivity index (χ3v) is 4.69. The number of ether oxygens (including phenoxy) is 1. The summed E-state index contributed by atoms with van der Waals surface area (Å²) in [6.45, 7) is 2.28. The first kappa shape index (κ1) is 19.3. The number of carbonyl (C=O) groups is 2. The number of nitrogens with zero attached hydrogens (tertiary/aromatic N) is 1. The summed E-state index contributed by atoms with van der Waals surface area (Å²) in [4.78, 5) is 35.9. The smallest absolute Gasteiger partial charge is 0.407 e. The molecule has 27 heavy (non-hydrogen) atoms. The van der Waals surface area contributed by atoms with Gasteiger partial charge in [-0.25, -0.2) is 4.79 Å². The van der Waals surface area contributed by atoms with Gasteiger partial charge in [0.1, 0.15) is 6.04 Å². The van der Waals surface area contributed by atoms with Crippen LogP contribution in [0.3, 0.4) is 0 Å². The molecular weight excluding hydrogens is 350 g/mol. The summed E-state index contributed by atoms with van der Waals surface area (Å²) in [6, 6.07) is 4.81. The Morgan fingerprint density at radius 3 is 2.85 bits per heavy atom. The van der Waals surface area contributed by atoms with Gasteiger partial charge in [-0.15, -0.1) is 0 Å². The molecule has 2 heterocycles. The maximum atomic E-state index is 12.4. The monoisotopic (exact) mass is 375 g/mol. The number of imide groups is 1. The molecule has 2 amide bonds. The first-order valence-corrected chi connectivity index (χ1v) is 9.30. The summed E-state index contributed by atoms with van der Waals surface area (Å²) in [6.07, 6.45) is 3.00. The van der Waals surface area contributed by atoms with Crippen molar-refractivity contribution in [2.45, 2.75) is 38.1 Å². The van der Waals surface area contributed by atoms with Gasteiger partial charge in [-0.2, -0.15) is 0 Å². The Hall–Kier alpha value is -2.45. The van der Waals surface area contributed by atoms with Crippen molar-refractivity contribution in [1.82, 2.24) is 15.2 Å². The minimum Gasteiger partial charge on any atom is -0.407 e. The van der Waals surface area contributed by atoms with Crippen LogP contribution in [0.1, 0.15) is 37.3 Å². The number of carbonyl (C=O) groups excluding carboxylic acids is 2. The number of piperidine rings is 1. The number of rotatable bonds is 9. The molecule has 0 saturated carbocycles. The van der Waals surface area contributed by atoms with Gasteiger partial charge in [0.2, 0.25) is 11.8 Å². The van der Waals surface area contributed by atoms with E-state index in [-0.39, 0.29) is 12.3 Å². The summed E-state index contributed by atoms with van der Waals surface area (Å²) in [5.41, 5.74) is 2.00. The fourth-order valence-electron chi connectivity index (χ4n) is 3.35. The number of oxazole rings is 1. The highest BCUT2D eigenvalue weighted by Crippen LogP contribution is 2.25. The molecule has 1 saturated heterocycles. The van der Waals surface area contributed by atoms with Gasteiger partial charge in [0.25, 0.3) is 0 Å². The minimum atomic E-state index is -0.720. The molecule has 146 valence electrons. The van der Waals surface area contributed by atoms with Crippen LogP contribution < -0.4 is 16.4 Å². The molecule has 0 aliphatic carbocycles. The highest BCUT2D eigenvalue weighted by molar-refractivity contribution is 6.00. The van der Waals surface area contributed by atoms with Gasteiger partial charge in [-0.3, -0.25) is 19.5 Å². The van der Waals surface area contributed by atoms with E-state index in [0.29, 0.717) is 37.2 Å². The molecule has 1 aromatic heterocycles. The van der Waals surface area contributed by atoms with Crippen molar-refractivity contribution in [3.63, 3.8) is 0 Å². The van der Waals surface area contributed by atoms with Crippen LogP contribution in [0.15, 0.2) is 27.4 Å². The lowest BCUT2D eigenvalue weighted by molar-refractivity contribution is -0.135. The van der Waals surface area contributed by atoms with Gasteiger partial charge in [-0.1, -0.05) is 12.1 Å². The van der Waals surface area contributed by atoms with Crippen molar-refractivity contribution < 1.29 is 18.7 Å². The van der Waals surface area contributed by atoms with E-state index in [1.807, 2.05) is 19.2 Å². The number of hydrogen-bond donors (Lipinski definition) is 2. The summed E-state index contributed by atoms with van der Waals surface area (Å²) in [5, 5.41) is 5.36. The Kier molecular flexibility index (Phi) is 6.41. The zero-order valence-corrected chi connectivity index (χ0v) is 15.5. The molecule has 1 aromatic carbocycles. The number of fused-ring (bicyclic) bond motifs is 1. The second-order valence-electron chi connectivity index (χ2n) is 6.64. The lowest BCUT2D eigenvalue weighted by Gasteiger charge is -2.21. The average molecular weight is 375 g/mol. The fraction of sp³-hybridized carbons (Fsp3) is 0.526. The molecule has 8 heteroatoms. The largest absolute Gasteiger partial charge is 0.420 e. The van der Waals surface area contributed by atoms with Gasteiger partial charge < -0.3 is 14.5 Å². The summed E-state index contributed by atoms with van der Waals surface area (Å²) in [7, 11) is 1.91. The van der Waals surface area contributed by atoms with E-state index in [0.717, 1.165) is 24.9 Å². The minimum absolute atomic E-state index is 0.208. The second kappa shape index (κ2) is 8.96. The lowest BCUT2D eigenvalue weighted by Crippen LogP contribution is -2.43. The molecule has 8 nitrogen and oxygen atoms in total. The number of amides is 2. The van der Waals surface area contributed by atoms with Crippen molar-refractivity contribution in [3.8, 4) is 0 Å². The zero-order chi connectivity index (χ0) is 19.2. The van der Waals surface area contributed by atoms with Gasteiger partial charge in [-0.05, 0) is 50.9 Å². The number of aromatic nitrogens is 1. The Morgan fingerprint density at radius 1 is 1.26 bits per heavy atom. The van der Waals surface area contributed by atoms with E-state index in [1.165, 1.54) is 4.57 Å². The van der Waals surface area contributed by atoms with E-state index in [2.05, 4.69) is 10.6 Å². The van der Waals surface area contributed by atoms with Crippen LogP contribution in [-0.2, 0) is 20.7 Å². The zero-order valence-electron chi connectivity index (χ0n) is 15.5. The first-order valence-electron chi connectivity index (χ1n) is 9.30. The molecule has 0 radical (unpaired) electrons. The maximum Gasteiger partial charge on any atom is 0.420 e. The van der Waals surface area contributed by atoms with Crippen molar-refractivity contribution in [1.29, 1.82) is 0 Å². The molecule has 1 fully saturated rings. The van der Waals surface area contributed by atoms with E-state index in [4.69, 9.17) is 9.15 Å². The molecule has 0 spiro atoms. The highest BCUT2D eigenvalue weighted by atomic mass is 16.5. The quantitative estimate of drug-likeness (QED) is 0.503. The maximum absolute atomic E-state index is 12.4. The predicted octanol–water partition coefficient (Wildman–Crippen LogP) is 1.13. The van der Waals surface area contributed by atoms with Crippen molar-refractivity contribution in [2.24, 2.45) is 0 Å². The normalized spacial score (nSPS) is 17.4. The van der Waals surface area contributed by atoms with Crippen molar-refractivity contribution >= 4 is 22.9 Å². The number of benzene rings is 1. The van der Waals surface area contributed by atoms with E-state index in [1.54, 1.807) is 6.07 Å². The van der Waals surface area contributed by atoms with Crippen LogP contribution in [-0.4, -0.2) is 43.2 Å². The van der Waals surface area contributed by atoms with Crippen molar-refractivity contribution in [3.05, 3.63) is 34.3 Å². The Balaban J connectivity index is 1.71. The third kappa shape index (κ3) is 4.45. The molecule has 1 atom stereocenters. The van der Waals surface area contributed by atoms with Crippen molar-refractivity contribution in [2.75, 3.05) is 26.8 Å². The number of nitrogens with one attached hydrogen (secondary N) is 2. The highest BCUT2D eigenvalue weighted by Gasteiger charge is 2.31. The average Bonchev–Trinajstić information content (AvgIpc) is 2.98. The third-order valence-electron chi connectivity index (χ3n) is 4.69. The molecule has 1 unspecified atom stereocenters. The molecule has 2 aromatic rings. The fourth-order valence-corrected chi connectivity index (χ4v) is 3.35. The van der Waals surface area contributed by atoms with Gasteiger partial charge >= 0.3 is 5.76 Å². The summed E-state index contributed by atoms with van der Waals surface area (Å²) < 4.78 is 12.4. The van der Waals surface area contributed by atoms with Crippen LogP contribution in [0.4, 0.5) is 0 Å². The van der Waals surface area contributed by atoms with Crippen LogP contribution in [0.25, 0.3) is 11.1 Å². The van der Waals surface area contributed by atoms with Gasteiger partial charge in [0, 0.05) is 19.6 Å². The SMILES string of the molecule is CNCCCOCCCc1cccc2c1oc(=O)n2C1CCC(=O)NC1=O. The van der Waals surface area contributed by atoms with Gasteiger partial charge in [0.05, 0.1) is 5.52 Å². The summed E-state index contributed by atoms with van der Waals surface area (Å²) in [5.74, 6) is -1.35. The molecule has 1 aliphatic heterocycles. The molecule has 2 N–H and O–H groups in total. The molecule has 1 aliphatic rings. The number of hydrogen-bond acceptors (Lipinski definition) is 6. The van der Waals surface area contributed by atoms with Crippen LogP contribution in [0.5, 0.6) is 0 Å². The predicted molar refractivity (Wildman–Crippen MR) is 99.6 cm³/mol. The standard InChI is InChI=1S/C19H25N3O5/c1-20-10-4-12-26-11-3-6-13-5-2-7-14-17(13)27-19(25)22(14)15-8-9-16(23)21-18(15)24/h2,5,7,15,20H,3-4,6,8-12H2,1H3,(H,21,23,24). The molecular formula is C19H25N3O5. The molecule has 3 rings (SSSR count). The van der Waals surface area contributed by atoms with Crippen LogP contribution in [0, 0.1) is 0 Å². The Bertz CT molecular complexity index is 870. The first-order chi connectivity index (χ1) is 13.1. The van der Waals surface area contributed by atoms with E-state index >= 15 is 0 Å². The Labute approximate surface area is 156 Å². The van der Waals surface area contributed by atoms with Gasteiger partial charge in [0.15, 0.2) is 5.58 Å².